The fraction of sp³-hybridized carbons (Fsp3) is 0.625. The van der Waals surface area contributed by atoms with E-state index in [1.54, 1.807) is 0 Å². The summed E-state index contributed by atoms with van der Waals surface area (Å²) in [5, 5.41) is 0. The predicted molar refractivity (Wildman–Crippen MR) is 79.1 cm³/mol. The molecule has 1 aliphatic rings. The van der Waals surface area contributed by atoms with E-state index in [2.05, 4.69) is 17.0 Å². The van der Waals surface area contributed by atoms with Gasteiger partial charge in [-0.3, -0.25) is 0 Å². The Morgan fingerprint density at radius 1 is 1.11 bits per heavy atom. The second kappa shape index (κ2) is 8.31. The molecule has 1 aromatic rings. The van der Waals surface area contributed by atoms with E-state index in [9.17, 15) is 0 Å². The Balaban J connectivity index is 1.54. The zero-order valence-electron chi connectivity index (χ0n) is 11.8. The lowest BCUT2D eigenvalue weighted by Crippen LogP contribution is -2.31. The van der Waals surface area contributed by atoms with Gasteiger partial charge in [0.1, 0.15) is 0 Å². The zero-order valence-corrected chi connectivity index (χ0v) is 11.8. The van der Waals surface area contributed by atoms with E-state index in [-0.39, 0.29) is 6.04 Å². The number of benzene rings is 1. The van der Waals surface area contributed by atoms with Gasteiger partial charge in [-0.25, -0.2) is 0 Å². The van der Waals surface area contributed by atoms with Crippen LogP contribution in [0.15, 0.2) is 30.3 Å². The number of rotatable bonds is 7. The van der Waals surface area contributed by atoms with Gasteiger partial charge in [0.05, 0.1) is 12.6 Å². The van der Waals surface area contributed by atoms with Gasteiger partial charge in [-0.2, -0.15) is 0 Å². The van der Waals surface area contributed by atoms with Crippen molar-refractivity contribution < 1.29 is 4.74 Å². The van der Waals surface area contributed by atoms with Crippen molar-refractivity contribution in [1.29, 1.82) is 0 Å². The fourth-order valence-electron chi connectivity index (χ4n) is 2.58. The lowest BCUT2D eigenvalue weighted by atomic mass is 10.1. The third-order valence-electron chi connectivity index (χ3n) is 3.74. The molecule has 3 heteroatoms. The molecule has 1 aromatic carbocycles. The summed E-state index contributed by atoms with van der Waals surface area (Å²) in [4.78, 5) is 2.55. The first-order chi connectivity index (χ1) is 9.36. The summed E-state index contributed by atoms with van der Waals surface area (Å²) in [5.74, 6) is 0. The quantitative estimate of drug-likeness (QED) is 0.768. The van der Waals surface area contributed by atoms with E-state index in [1.807, 2.05) is 18.2 Å². The van der Waals surface area contributed by atoms with E-state index in [0.717, 1.165) is 18.6 Å². The smallest absolute Gasteiger partial charge is 0.0659 e. The minimum atomic E-state index is -0.00353. The van der Waals surface area contributed by atoms with Crippen molar-refractivity contribution in [2.24, 2.45) is 5.73 Å². The average Bonchev–Trinajstić information content (AvgIpc) is 2.49. The molecule has 0 spiro atoms. The maximum Gasteiger partial charge on any atom is 0.0659 e. The summed E-state index contributed by atoms with van der Waals surface area (Å²) >= 11 is 0. The highest BCUT2D eigenvalue weighted by molar-refractivity contribution is 5.18. The number of ether oxygens (including phenoxy) is 1. The third kappa shape index (κ3) is 5.31. The van der Waals surface area contributed by atoms with E-state index in [4.69, 9.17) is 10.5 Å². The van der Waals surface area contributed by atoms with Crippen LogP contribution in [0.5, 0.6) is 0 Å². The second-order valence-electron chi connectivity index (χ2n) is 5.35. The van der Waals surface area contributed by atoms with Gasteiger partial charge in [0, 0.05) is 13.2 Å². The molecule has 1 fully saturated rings. The minimum absolute atomic E-state index is 0.00353. The van der Waals surface area contributed by atoms with Crippen LogP contribution in [0, 0.1) is 0 Å². The van der Waals surface area contributed by atoms with Gasteiger partial charge in [-0.15, -0.1) is 0 Å². The Bertz CT molecular complexity index is 336. The van der Waals surface area contributed by atoms with Crippen LogP contribution in [0.1, 0.15) is 37.3 Å². The van der Waals surface area contributed by atoms with Gasteiger partial charge in [-0.05, 0) is 37.9 Å². The Labute approximate surface area is 116 Å². The van der Waals surface area contributed by atoms with Crippen LogP contribution in [0.4, 0.5) is 0 Å². The molecule has 1 saturated heterocycles. The highest BCUT2D eigenvalue weighted by atomic mass is 16.5. The van der Waals surface area contributed by atoms with Crippen molar-refractivity contribution in [3.05, 3.63) is 35.9 Å². The molecule has 1 atom stereocenters. The first-order valence-electron chi connectivity index (χ1n) is 7.47. The molecule has 2 rings (SSSR count). The monoisotopic (exact) mass is 262 g/mol. The molecule has 3 nitrogen and oxygen atoms in total. The Morgan fingerprint density at radius 3 is 2.58 bits per heavy atom. The normalized spacial score (nSPS) is 18.4. The molecule has 0 amide bonds. The van der Waals surface area contributed by atoms with Crippen LogP contribution in [-0.2, 0) is 4.74 Å². The van der Waals surface area contributed by atoms with Crippen molar-refractivity contribution in [3.63, 3.8) is 0 Å². The highest BCUT2D eigenvalue weighted by Crippen LogP contribution is 2.10. The average molecular weight is 262 g/mol. The number of nitrogens with zero attached hydrogens (tertiary/aromatic N) is 1. The maximum atomic E-state index is 6.08. The predicted octanol–water partition coefficient (Wildman–Crippen LogP) is 2.58. The maximum absolute atomic E-state index is 6.08. The van der Waals surface area contributed by atoms with Crippen molar-refractivity contribution in [2.45, 2.75) is 31.7 Å². The standard InChI is InChI=1S/C16H26N2O/c17-16(15-8-3-1-4-9-15)14-19-13-7-12-18-10-5-2-6-11-18/h1,3-4,8-9,16H,2,5-7,10-14,17H2. The van der Waals surface area contributed by atoms with Gasteiger partial charge in [-0.1, -0.05) is 36.8 Å². The highest BCUT2D eigenvalue weighted by Gasteiger charge is 2.09. The molecule has 0 aliphatic carbocycles. The molecule has 0 bridgehead atoms. The zero-order chi connectivity index (χ0) is 13.3. The molecule has 0 aromatic heterocycles. The Morgan fingerprint density at radius 2 is 1.84 bits per heavy atom. The molecule has 19 heavy (non-hydrogen) atoms. The van der Waals surface area contributed by atoms with Gasteiger partial charge < -0.3 is 15.4 Å². The summed E-state index contributed by atoms with van der Waals surface area (Å²) in [6, 6.07) is 10.2. The first-order valence-corrected chi connectivity index (χ1v) is 7.47. The van der Waals surface area contributed by atoms with Crippen LogP contribution in [0.2, 0.25) is 0 Å². The van der Waals surface area contributed by atoms with Crippen molar-refractivity contribution in [1.82, 2.24) is 4.90 Å². The number of nitrogens with two attached hydrogens (primary N) is 1. The van der Waals surface area contributed by atoms with Gasteiger partial charge in [0.2, 0.25) is 0 Å². The molecule has 1 unspecified atom stereocenters. The van der Waals surface area contributed by atoms with Crippen LogP contribution in [0.3, 0.4) is 0 Å². The summed E-state index contributed by atoms with van der Waals surface area (Å²) in [5.41, 5.74) is 7.24. The first kappa shape index (κ1) is 14.5. The van der Waals surface area contributed by atoms with Gasteiger partial charge in [0.15, 0.2) is 0 Å². The van der Waals surface area contributed by atoms with Gasteiger partial charge >= 0.3 is 0 Å². The summed E-state index contributed by atoms with van der Waals surface area (Å²) in [6.07, 6.45) is 5.24. The summed E-state index contributed by atoms with van der Waals surface area (Å²) < 4.78 is 5.69. The SMILES string of the molecule is NC(COCCCN1CCCCC1)c1ccccc1. The number of piperidine rings is 1. The van der Waals surface area contributed by atoms with Crippen LogP contribution in [-0.4, -0.2) is 37.7 Å². The number of hydrogen-bond donors (Lipinski definition) is 1. The number of hydrogen-bond acceptors (Lipinski definition) is 3. The molecular weight excluding hydrogens is 236 g/mol. The second-order valence-corrected chi connectivity index (χ2v) is 5.35. The van der Waals surface area contributed by atoms with Gasteiger partial charge in [0.25, 0.3) is 0 Å². The molecule has 1 aliphatic heterocycles. The van der Waals surface area contributed by atoms with E-state index < -0.39 is 0 Å². The van der Waals surface area contributed by atoms with E-state index >= 15 is 0 Å². The largest absolute Gasteiger partial charge is 0.379 e. The lowest BCUT2D eigenvalue weighted by Gasteiger charge is -2.26. The van der Waals surface area contributed by atoms with E-state index in [0.29, 0.717) is 6.61 Å². The molecule has 0 saturated carbocycles. The number of likely N-dealkylation sites (tertiary alicyclic amines) is 1. The summed E-state index contributed by atoms with van der Waals surface area (Å²) in [6.45, 7) is 5.13. The fourth-order valence-corrected chi connectivity index (χ4v) is 2.58. The van der Waals surface area contributed by atoms with Crippen LogP contribution >= 0.6 is 0 Å². The molecule has 0 radical (unpaired) electrons. The Hall–Kier alpha value is -0.900. The summed E-state index contributed by atoms with van der Waals surface area (Å²) in [7, 11) is 0. The van der Waals surface area contributed by atoms with Crippen molar-refractivity contribution >= 4 is 0 Å². The molecular formula is C16H26N2O. The van der Waals surface area contributed by atoms with Crippen LogP contribution in [0.25, 0.3) is 0 Å². The van der Waals surface area contributed by atoms with Crippen molar-refractivity contribution in [3.8, 4) is 0 Å². The minimum Gasteiger partial charge on any atom is -0.379 e. The topological polar surface area (TPSA) is 38.5 Å². The molecule has 2 N–H and O–H groups in total. The molecule has 106 valence electrons. The van der Waals surface area contributed by atoms with Crippen LogP contribution < -0.4 is 5.73 Å². The Kier molecular flexibility index (Phi) is 6.34. The van der Waals surface area contributed by atoms with E-state index in [1.165, 1.54) is 38.9 Å². The lowest BCUT2D eigenvalue weighted by molar-refractivity contribution is 0.106. The third-order valence-corrected chi connectivity index (χ3v) is 3.74. The molecule has 1 heterocycles. The van der Waals surface area contributed by atoms with Crippen molar-refractivity contribution in [2.75, 3.05) is 32.8 Å².